The third kappa shape index (κ3) is 5.14. The SMILES string of the molecule is CCOC(=O)N1CCC(NC(=O)[C@@H]2c3ccccc3C(=O)N3CCc4cc(OCC)c(OCC)cc4[C@@H]23)CC1. The van der Waals surface area contributed by atoms with Crippen molar-refractivity contribution in [2.75, 3.05) is 39.5 Å². The van der Waals surface area contributed by atoms with Crippen LogP contribution in [0.2, 0.25) is 0 Å². The van der Waals surface area contributed by atoms with Crippen molar-refractivity contribution in [3.05, 3.63) is 58.7 Å². The molecule has 3 aliphatic heterocycles. The number of fused-ring (bicyclic) bond motifs is 4. The van der Waals surface area contributed by atoms with E-state index in [-0.39, 0.29) is 23.9 Å². The lowest BCUT2D eigenvalue weighted by molar-refractivity contribution is -0.125. The van der Waals surface area contributed by atoms with Gasteiger partial charge in [-0.15, -0.1) is 0 Å². The van der Waals surface area contributed by atoms with Crippen LogP contribution in [0.15, 0.2) is 36.4 Å². The zero-order valence-corrected chi connectivity index (χ0v) is 22.9. The van der Waals surface area contributed by atoms with Crippen molar-refractivity contribution in [3.63, 3.8) is 0 Å². The second-order valence-electron chi connectivity index (χ2n) is 10.1. The van der Waals surface area contributed by atoms with Gasteiger partial charge in [0, 0.05) is 31.2 Å². The van der Waals surface area contributed by atoms with Crippen molar-refractivity contribution in [1.82, 2.24) is 15.1 Å². The summed E-state index contributed by atoms with van der Waals surface area (Å²) in [7, 11) is 0. The first-order chi connectivity index (χ1) is 19.0. The average Bonchev–Trinajstić information content (AvgIpc) is 2.94. The molecule has 0 spiro atoms. The smallest absolute Gasteiger partial charge is 0.409 e. The van der Waals surface area contributed by atoms with Crippen molar-refractivity contribution < 1.29 is 28.6 Å². The Labute approximate surface area is 229 Å². The second kappa shape index (κ2) is 11.6. The maximum absolute atomic E-state index is 14.1. The number of benzene rings is 2. The second-order valence-corrected chi connectivity index (χ2v) is 10.1. The molecule has 0 saturated carbocycles. The molecule has 0 unspecified atom stereocenters. The van der Waals surface area contributed by atoms with E-state index in [9.17, 15) is 14.4 Å². The largest absolute Gasteiger partial charge is 0.490 e. The molecular formula is C30H37N3O6. The van der Waals surface area contributed by atoms with E-state index < -0.39 is 12.0 Å². The highest BCUT2D eigenvalue weighted by molar-refractivity contribution is 6.01. The summed E-state index contributed by atoms with van der Waals surface area (Å²) in [5.41, 5.74) is 3.31. The number of ether oxygens (including phenoxy) is 3. The van der Waals surface area contributed by atoms with Crippen molar-refractivity contribution in [2.24, 2.45) is 0 Å². The normalized spacial score (nSPS) is 20.4. The molecule has 5 rings (SSSR count). The highest BCUT2D eigenvalue weighted by Crippen LogP contribution is 2.48. The molecule has 3 aliphatic rings. The van der Waals surface area contributed by atoms with Gasteiger partial charge in [-0.2, -0.15) is 0 Å². The van der Waals surface area contributed by atoms with E-state index in [2.05, 4.69) is 5.32 Å². The summed E-state index contributed by atoms with van der Waals surface area (Å²) in [6.07, 6.45) is 1.66. The summed E-state index contributed by atoms with van der Waals surface area (Å²) in [5, 5.41) is 3.26. The Hall–Kier alpha value is -3.75. The summed E-state index contributed by atoms with van der Waals surface area (Å²) in [6, 6.07) is 10.9. The number of likely N-dealkylation sites (tertiary alicyclic amines) is 1. The van der Waals surface area contributed by atoms with Gasteiger partial charge >= 0.3 is 6.09 Å². The van der Waals surface area contributed by atoms with E-state index in [4.69, 9.17) is 14.2 Å². The van der Waals surface area contributed by atoms with E-state index >= 15 is 0 Å². The molecule has 2 aromatic rings. The molecule has 9 heteroatoms. The Morgan fingerprint density at radius 3 is 2.31 bits per heavy atom. The Kier molecular flexibility index (Phi) is 7.95. The van der Waals surface area contributed by atoms with Crippen LogP contribution in [0, 0.1) is 0 Å². The number of carbonyl (C=O) groups is 3. The Balaban J connectivity index is 1.47. The molecule has 208 valence electrons. The first kappa shape index (κ1) is 26.8. The number of hydrogen-bond acceptors (Lipinski definition) is 6. The van der Waals surface area contributed by atoms with Crippen LogP contribution < -0.4 is 14.8 Å². The third-order valence-electron chi connectivity index (χ3n) is 7.83. The fraction of sp³-hybridized carbons (Fsp3) is 0.500. The fourth-order valence-electron chi connectivity index (χ4n) is 6.07. The maximum Gasteiger partial charge on any atom is 0.409 e. The van der Waals surface area contributed by atoms with Gasteiger partial charge in [-0.05, 0) is 74.9 Å². The van der Waals surface area contributed by atoms with E-state index in [1.54, 1.807) is 11.8 Å². The number of piperidine rings is 1. The number of amides is 3. The molecule has 2 atom stereocenters. The molecule has 0 radical (unpaired) electrons. The Bertz CT molecular complexity index is 1240. The van der Waals surface area contributed by atoms with Crippen LogP contribution in [0.1, 0.15) is 72.6 Å². The van der Waals surface area contributed by atoms with Gasteiger partial charge in [-0.25, -0.2) is 4.79 Å². The lowest BCUT2D eigenvalue weighted by Crippen LogP contribution is -2.52. The quantitative estimate of drug-likeness (QED) is 0.575. The van der Waals surface area contributed by atoms with Gasteiger partial charge < -0.3 is 29.3 Å². The van der Waals surface area contributed by atoms with Gasteiger partial charge in [0.2, 0.25) is 5.91 Å². The Morgan fingerprint density at radius 1 is 0.923 bits per heavy atom. The van der Waals surface area contributed by atoms with Gasteiger partial charge in [-0.1, -0.05) is 18.2 Å². The number of hydrogen-bond donors (Lipinski definition) is 1. The molecule has 3 amide bonds. The van der Waals surface area contributed by atoms with Crippen molar-refractivity contribution in [2.45, 2.75) is 58.0 Å². The maximum atomic E-state index is 14.1. The molecule has 39 heavy (non-hydrogen) atoms. The molecule has 3 heterocycles. The monoisotopic (exact) mass is 535 g/mol. The number of rotatable bonds is 7. The molecule has 9 nitrogen and oxygen atoms in total. The van der Waals surface area contributed by atoms with Crippen molar-refractivity contribution in [1.29, 1.82) is 0 Å². The van der Waals surface area contributed by atoms with Crippen molar-refractivity contribution in [3.8, 4) is 11.5 Å². The third-order valence-corrected chi connectivity index (χ3v) is 7.83. The van der Waals surface area contributed by atoms with E-state index in [1.807, 2.05) is 55.1 Å². The Morgan fingerprint density at radius 2 is 1.62 bits per heavy atom. The number of nitrogens with one attached hydrogen (secondary N) is 1. The predicted molar refractivity (Wildman–Crippen MR) is 145 cm³/mol. The van der Waals surface area contributed by atoms with Crippen LogP contribution in [0.5, 0.6) is 11.5 Å². The van der Waals surface area contributed by atoms with E-state index in [0.29, 0.717) is 75.8 Å². The standard InChI is InChI=1S/C30H37N3O6/c1-4-37-24-17-19-11-16-33-27(23(19)18-25(24)38-5-2)26(21-9-7-8-10-22(21)29(33)35)28(34)31-20-12-14-32(15-13-20)30(36)39-6-3/h7-10,17-18,20,26-27H,4-6,11-16H2,1-3H3,(H,31,34)/t26-,27+/m1/s1. The lowest BCUT2D eigenvalue weighted by Gasteiger charge is -2.45. The van der Waals surface area contributed by atoms with Crippen molar-refractivity contribution >= 4 is 17.9 Å². The number of nitrogens with zero attached hydrogens (tertiary/aromatic N) is 2. The zero-order valence-electron chi connectivity index (χ0n) is 22.9. The molecule has 1 saturated heterocycles. The first-order valence-electron chi connectivity index (χ1n) is 14.0. The number of carbonyl (C=O) groups excluding carboxylic acids is 3. The van der Waals surface area contributed by atoms with Crippen LogP contribution in [-0.4, -0.2) is 73.2 Å². The topological polar surface area (TPSA) is 97.4 Å². The zero-order chi connectivity index (χ0) is 27.5. The summed E-state index contributed by atoms with van der Waals surface area (Å²) in [4.78, 5) is 43.4. The lowest BCUT2D eigenvalue weighted by atomic mass is 9.75. The average molecular weight is 536 g/mol. The van der Waals surface area contributed by atoms with Crippen LogP contribution in [0.4, 0.5) is 4.79 Å². The van der Waals surface area contributed by atoms with Gasteiger partial charge in [0.25, 0.3) is 5.91 Å². The van der Waals surface area contributed by atoms with Gasteiger partial charge in [-0.3, -0.25) is 9.59 Å². The minimum atomic E-state index is -0.576. The van der Waals surface area contributed by atoms with Gasteiger partial charge in [0.1, 0.15) is 0 Å². The van der Waals surface area contributed by atoms with Gasteiger partial charge in [0.05, 0.1) is 31.8 Å². The molecule has 0 aliphatic carbocycles. The minimum Gasteiger partial charge on any atom is -0.490 e. The van der Waals surface area contributed by atoms with Crippen LogP contribution >= 0.6 is 0 Å². The molecule has 0 aromatic heterocycles. The molecule has 1 N–H and O–H groups in total. The first-order valence-corrected chi connectivity index (χ1v) is 14.0. The molecule has 2 aromatic carbocycles. The molecular weight excluding hydrogens is 498 g/mol. The van der Waals surface area contributed by atoms with Crippen LogP contribution in [0.3, 0.4) is 0 Å². The van der Waals surface area contributed by atoms with Crippen LogP contribution in [0.25, 0.3) is 0 Å². The highest BCUT2D eigenvalue weighted by atomic mass is 16.6. The highest BCUT2D eigenvalue weighted by Gasteiger charge is 2.47. The minimum absolute atomic E-state index is 0.0557. The predicted octanol–water partition coefficient (Wildman–Crippen LogP) is 4.06. The molecule has 0 bridgehead atoms. The fourth-order valence-corrected chi connectivity index (χ4v) is 6.07. The summed E-state index contributed by atoms with van der Waals surface area (Å²) < 4.78 is 16.9. The summed E-state index contributed by atoms with van der Waals surface area (Å²) in [6.45, 7) is 8.55. The van der Waals surface area contributed by atoms with Crippen LogP contribution in [-0.2, 0) is 16.0 Å². The molecule has 1 fully saturated rings. The summed E-state index contributed by atoms with van der Waals surface area (Å²) >= 11 is 0. The van der Waals surface area contributed by atoms with E-state index in [1.165, 1.54) is 0 Å². The summed E-state index contributed by atoms with van der Waals surface area (Å²) in [5.74, 6) is 0.563. The van der Waals surface area contributed by atoms with Gasteiger partial charge in [0.15, 0.2) is 11.5 Å². The van der Waals surface area contributed by atoms with E-state index in [0.717, 1.165) is 16.7 Å².